The summed E-state index contributed by atoms with van der Waals surface area (Å²) in [7, 11) is 1.57. The maximum atomic E-state index is 12.8. The molecule has 2 aromatic rings. The lowest BCUT2D eigenvalue weighted by molar-refractivity contribution is -0.144. The molecule has 0 N–H and O–H groups in total. The van der Waals surface area contributed by atoms with E-state index in [1.807, 2.05) is 30.3 Å². The zero-order valence-corrected chi connectivity index (χ0v) is 13.8. The van der Waals surface area contributed by atoms with Gasteiger partial charge in [-0.15, -0.1) is 10.2 Å². The van der Waals surface area contributed by atoms with E-state index < -0.39 is 6.10 Å². The molecule has 3 rings (SSSR count). The van der Waals surface area contributed by atoms with Gasteiger partial charge in [0.15, 0.2) is 11.9 Å². The molecule has 1 atom stereocenters. The van der Waals surface area contributed by atoms with Gasteiger partial charge in [0.25, 0.3) is 5.91 Å². The summed E-state index contributed by atoms with van der Waals surface area (Å²) in [5.41, 5.74) is 0.870. The van der Waals surface area contributed by atoms with Gasteiger partial charge in [0.05, 0.1) is 6.54 Å². The number of amides is 1. The number of hydrogen-bond donors (Lipinski definition) is 0. The Morgan fingerprint density at radius 1 is 1.17 bits per heavy atom. The molecule has 1 aromatic carbocycles. The van der Waals surface area contributed by atoms with Crippen LogP contribution in [-0.4, -0.2) is 39.2 Å². The Morgan fingerprint density at radius 2 is 1.91 bits per heavy atom. The Hall–Kier alpha value is -2.21. The highest BCUT2D eigenvalue weighted by atomic mass is 16.5. The first kappa shape index (κ1) is 15.7. The second kappa shape index (κ2) is 6.50. The average molecular weight is 314 g/mol. The molecule has 1 aromatic heterocycles. The van der Waals surface area contributed by atoms with Gasteiger partial charge in [-0.05, 0) is 5.56 Å². The lowest BCUT2D eigenvalue weighted by atomic mass is 10.1. The number of benzene rings is 1. The third kappa shape index (κ3) is 2.99. The summed E-state index contributed by atoms with van der Waals surface area (Å²) in [6.45, 7) is 6.06. The fourth-order valence-electron chi connectivity index (χ4n) is 2.97. The van der Waals surface area contributed by atoms with Crippen molar-refractivity contribution < 1.29 is 9.53 Å². The van der Waals surface area contributed by atoms with Crippen LogP contribution < -0.4 is 0 Å². The normalized spacial score (nSPS) is 15.6. The first-order chi connectivity index (χ1) is 11.1. The fraction of sp³-hybridized carbons (Fsp3) is 0.471. The SMILES string of the molecule is COC(C(=O)N1CCn2c(nnc2C(C)C)C1)c1ccccc1. The summed E-state index contributed by atoms with van der Waals surface area (Å²) >= 11 is 0. The Morgan fingerprint density at radius 3 is 2.57 bits per heavy atom. The quantitative estimate of drug-likeness (QED) is 0.867. The first-order valence-electron chi connectivity index (χ1n) is 7.90. The van der Waals surface area contributed by atoms with Crippen molar-refractivity contribution in [3.63, 3.8) is 0 Å². The van der Waals surface area contributed by atoms with Gasteiger partial charge in [0.2, 0.25) is 0 Å². The molecule has 0 aliphatic carbocycles. The molecule has 0 bridgehead atoms. The van der Waals surface area contributed by atoms with Gasteiger partial charge in [0.1, 0.15) is 5.82 Å². The third-order valence-electron chi connectivity index (χ3n) is 4.17. The van der Waals surface area contributed by atoms with E-state index in [9.17, 15) is 4.79 Å². The molecular weight excluding hydrogens is 292 g/mol. The molecule has 1 aliphatic rings. The number of rotatable bonds is 4. The van der Waals surface area contributed by atoms with Crippen molar-refractivity contribution in [2.24, 2.45) is 0 Å². The van der Waals surface area contributed by atoms with Gasteiger partial charge in [-0.3, -0.25) is 4.79 Å². The summed E-state index contributed by atoms with van der Waals surface area (Å²) in [4.78, 5) is 14.6. The predicted molar refractivity (Wildman–Crippen MR) is 85.7 cm³/mol. The number of carbonyl (C=O) groups is 1. The fourth-order valence-corrected chi connectivity index (χ4v) is 2.97. The smallest absolute Gasteiger partial charge is 0.256 e. The van der Waals surface area contributed by atoms with E-state index in [2.05, 4.69) is 28.6 Å². The molecular formula is C17H22N4O2. The van der Waals surface area contributed by atoms with Crippen LogP contribution in [0.2, 0.25) is 0 Å². The molecule has 122 valence electrons. The number of carbonyl (C=O) groups excluding carboxylic acids is 1. The van der Waals surface area contributed by atoms with Gasteiger partial charge in [-0.1, -0.05) is 44.2 Å². The molecule has 0 saturated heterocycles. The Bertz CT molecular complexity index is 681. The molecule has 6 nitrogen and oxygen atoms in total. The number of ether oxygens (including phenoxy) is 1. The van der Waals surface area contributed by atoms with Crippen LogP contribution in [0.4, 0.5) is 0 Å². The van der Waals surface area contributed by atoms with E-state index in [0.29, 0.717) is 19.0 Å². The summed E-state index contributed by atoms with van der Waals surface area (Å²) in [5, 5.41) is 8.50. The molecule has 1 unspecified atom stereocenters. The van der Waals surface area contributed by atoms with E-state index in [-0.39, 0.29) is 5.91 Å². The zero-order valence-electron chi connectivity index (χ0n) is 13.8. The summed E-state index contributed by atoms with van der Waals surface area (Å²) in [5.74, 6) is 2.13. The summed E-state index contributed by atoms with van der Waals surface area (Å²) < 4.78 is 7.57. The van der Waals surface area contributed by atoms with Gasteiger partial charge < -0.3 is 14.2 Å². The predicted octanol–water partition coefficient (Wildman–Crippen LogP) is 2.13. The third-order valence-corrected chi connectivity index (χ3v) is 4.17. The number of hydrogen-bond acceptors (Lipinski definition) is 4. The summed E-state index contributed by atoms with van der Waals surface area (Å²) in [6.07, 6.45) is -0.574. The van der Waals surface area contributed by atoms with Gasteiger partial charge in [-0.2, -0.15) is 0 Å². The van der Waals surface area contributed by atoms with Crippen molar-refractivity contribution in [2.45, 2.75) is 39.0 Å². The number of methoxy groups -OCH3 is 1. The molecule has 0 fully saturated rings. The van der Waals surface area contributed by atoms with E-state index >= 15 is 0 Å². The van der Waals surface area contributed by atoms with Crippen LogP contribution in [0, 0.1) is 0 Å². The zero-order chi connectivity index (χ0) is 16.4. The molecule has 0 radical (unpaired) electrons. The highest BCUT2D eigenvalue weighted by Crippen LogP contribution is 2.23. The first-order valence-corrected chi connectivity index (χ1v) is 7.90. The van der Waals surface area contributed by atoms with Crippen molar-refractivity contribution in [1.82, 2.24) is 19.7 Å². The molecule has 1 amide bonds. The topological polar surface area (TPSA) is 60.2 Å². The largest absolute Gasteiger partial charge is 0.367 e. The maximum Gasteiger partial charge on any atom is 0.256 e. The van der Waals surface area contributed by atoms with E-state index in [4.69, 9.17) is 4.74 Å². The molecule has 2 heterocycles. The standard InChI is InChI=1S/C17H22N4O2/c1-12(2)16-19-18-14-11-20(9-10-21(14)16)17(22)15(23-3)13-7-5-4-6-8-13/h4-8,12,15H,9-11H2,1-3H3. The molecule has 6 heteroatoms. The van der Waals surface area contributed by atoms with Crippen LogP contribution in [0.15, 0.2) is 30.3 Å². The van der Waals surface area contributed by atoms with Gasteiger partial charge in [-0.25, -0.2) is 0 Å². The van der Waals surface area contributed by atoms with Crippen LogP contribution in [-0.2, 0) is 22.6 Å². The van der Waals surface area contributed by atoms with Crippen molar-refractivity contribution in [2.75, 3.05) is 13.7 Å². The Kier molecular flexibility index (Phi) is 4.43. The number of fused-ring (bicyclic) bond motifs is 1. The second-order valence-electron chi connectivity index (χ2n) is 6.07. The average Bonchev–Trinajstić information content (AvgIpc) is 2.99. The van der Waals surface area contributed by atoms with Gasteiger partial charge in [0, 0.05) is 26.1 Å². The van der Waals surface area contributed by atoms with Crippen LogP contribution >= 0.6 is 0 Å². The van der Waals surface area contributed by atoms with E-state index in [0.717, 1.165) is 23.8 Å². The second-order valence-corrected chi connectivity index (χ2v) is 6.07. The number of nitrogens with zero attached hydrogens (tertiary/aromatic N) is 4. The van der Waals surface area contributed by atoms with Gasteiger partial charge >= 0.3 is 0 Å². The molecule has 23 heavy (non-hydrogen) atoms. The van der Waals surface area contributed by atoms with Crippen molar-refractivity contribution in [1.29, 1.82) is 0 Å². The lowest BCUT2D eigenvalue weighted by Crippen LogP contribution is -2.41. The minimum absolute atomic E-state index is 0.0287. The Labute approximate surface area is 136 Å². The summed E-state index contributed by atoms with van der Waals surface area (Å²) in [6, 6.07) is 9.58. The van der Waals surface area contributed by atoms with Crippen LogP contribution in [0.3, 0.4) is 0 Å². The molecule has 1 aliphatic heterocycles. The minimum Gasteiger partial charge on any atom is -0.367 e. The lowest BCUT2D eigenvalue weighted by Gasteiger charge is -2.31. The van der Waals surface area contributed by atoms with Crippen LogP contribution in [0.5, 0.6) is 0 Å². The van der Waals surface area contributed by atoms with Crippen molar-refractivity contribution >= 4 is 5.91 Å². The van der Waals surface area contributed by atoms with Crippen molar-refractivity contribution in [3.8, 4) is 0 Å². The number of aromatic nitrogens is 3. The molecule has 0 saturated carbocycles. The maximum absolute atomic E-state index is 12.8. The highest BCUT2D eigenvalue weighted by molar-refractivity contribution is 5.82. The highest BCUT2D eigenvalue weighted by Gasteiger charge is 2.30. The molecule has 0 spiro atoms. The minimum atomic E-state index is -0.574. The van der Waals surface area contributed by atoms with E-state index in [1.165, 1.54) is 0 Å². The van der Waals surface area contributed by atoms with Crippen LogP contribution in [0.25, 0.3) is 0 Å². The van der Waals surface area contributed by atoms with Crippen LogP contribution in [0.1, 0.15) is 43.1 Å². The Balaban J connectivity index is 1.78. The van der Waals surface area contributed by atoms with E-state index in [1.54, 1.807) is 12.0 Å². The van der Waals surface area contributed by atoms with Crippen molar-refractivity contribution in [3.05, 3.63) is 47.5 Å². The monoisotopic (exact) mass is 314 g/mol.